The number of carbonyl (C=O) groups excluding carboxylic acids is 1. The molecule has 0 saturated carbocycles. The molecule has 0 radical (unpaired) electrons. The Balaban J connectivity index is 0.000000213. The van der Waals surface area contributed by atoms with Crippen molar-refractivity contribution in [1.29, 1.82) is 0 Å². The van der Waals surface area contributed by atoms with Crippen LogP contribution in [-0.4, -0.2) is 63.1 Å². The van der Waals surface area contributed by atoms with Crippen molar-refractivity contribution >= 4 is 17.9 Å². The maximum atomic E-state index is 10.6. The molecule has 176 valence electrons. The van der Waals surface area contributed by atoms with Crippen molar-refractivity contribution in [2.75, 3.05) is 25.0 Å². The molecular weight excluding hydrogens is 404 g/mol. The maximum Gasteiger partial charge on any atom is 0.244 e. The second-order valence-electron chi connectivity index (χ2n) is 7.67. The highest BCUT2D eigenvalue weighted by atomic mass is 16.1. The first-order valence-electron chi connectivity index (χ1n) is 11.6. The molecule has 2 aromatic heterocycles. The maximum absolute atomic E-state index is 10.6. The molecule has 0 aromatic carbocycles. The van der Waals surface area contributed by atoms with Crippen molar-refractivity contribution in [1.82, 2.24) is 30.3 Å². The van der Waals surface area contributed by atoms with Crippen LogP contribution in [0, 0.1) is 0 Å². The van der Waals surface area contributed by atoms with Crippen LogP contribution in [0.3, 0.4) is 0 Å². The Morgan fingerprint density at radius 1 is 1.25 bits per heavy atom. The number of allylic oxidation sites excluding steroid dienone is 2. The molecule has 0 bridgehead atoms. The molecule has 9 heteroatoms. The summed E-state index contributed by atoms with van der Waals surface area (Å²) in [5, 5.41) is 14.3. The van der Waals surface area contributed by atoms with Gasteiger partial charge in [-0.15, -0.1) is 5.10 Å². The smallest absolute Gasteiger partial charge is 0.244 e. The van der Waals surface area contributed by atoms with Crippen LogP contribution in [0.5, 0.6) is 0 Å². The van der Waals surface area contributed by atoms with Gasteiger partial charge in [0.05, 0.1) is 6.20 Å². The first kappa shape index (κ1) is 25.5. The number of carbonyl (C=O) groups is 1. The Morgan fingerprint density at radius 3 is 2.59 bits per heavy atom. The summed E-state index contributed by atoms with van der Waals surface area (Å²) in [6.07, 6.45) is 8.98. The lowest BCUT2D eigenvalue weighted by molar-refractivity contribution is 0.111. The topological polar surface area (TPSA) is 104 Å². The fourth-order valence-electron chi connectivity index (χ4n) is 3.65. The summed E-state index contributed by atoms with van der Waals surface area (Å²) in [4.78, 5) is 21.9. The number of hydrogen-bond donors (Lipinski definition) is 2. The van der Waals surface area contributed by atoms with Crippen LogP contribution in [0.2, 0.25) is 0 Å². The third kappa shape index (κ3) is 6.59. The summed E-state index contributed by atoms with van der Waals surface area (Å²) in [5.74, 6) is 2.09. The van der Waals surface area contributed by atoms with Crippen molar-refractivity contribution in [2.24, 2.45) is 4.99 Å². The van der Waals surface area contributed by atoms with E-state index in [1.54, 1.807) is 6.20 Å². The Morgan fingerprint density at radius 2 is 1.97 bits per heavy atom. The molecule has 2 aromatic rings. The summed E-state index contributed by atoms with van der Waals surface area (Å²) < 4.78 is 2.08. The molecule has 0 amide bonds. The van der Waals surface area contributed by atoms with Gasteiger partial charge < -0.3 is 10.2 Å². The largest absolute Gasteiger partial charge is 0.340 e. The van der Waals surface area contributed by atoms with E-state index >= 15 is 0 Å². The molecule has 1 atom stereocenters. The average molecular weight is 443 g/mol. The molecule has 0 aliphatic carbocycles. The summed E-state index contributed by atoms with van der Waals surface area (Å²) in [5.41, 5.74) is 2.92. The number of fused-ring (bicyclic) bond motifs is 1. The van der Waals surface area contributed by atoms with Crippen molar-refractivity contribution in [3.8, 4) is 0 Å². The number of anilines is 1. The molecule has 32 heavy (non-hydrogen) atoms. The highest BCUT2D eigenvalue weighted by molar-refractivity contribution is 6.04. The molecule has 1 saturated heterocycles. The molecule has 1 unspecified atom stereocenters. The van der Waals surface area contributed by atoms with Gasteiger partial charge in [-0.25, -0.2) is 4.68 Å². The minimum Gasteiger partial charge on any atom is -0.340 e. The van der Waals surface area contributed by atoms with Gasteiger partial charge in [-0.05, 0) is 47.1 Å². The first-order chi connectivity index (χ1) is 15.5. The zero-order valence-electron chi connectivity index (χ0n) is 20.4. The molecule has 9 nitrogen and oxygen atoms in total. The summed E-state index contributed by atoms with van der Waals surface area (Å²) in [6, 6.07) is 0.572. The van der Waals surface area contributed by atoms with Crippen molar-refractivity contribution < 1.29 is 4.79 Å². The molecular formula is C23H38N8O. The van der Waals surface area contributed by atoms with Gasteiger partial charge in [0.25, 0.3) is 0 Å². The number of likely N-dealkylation sites (N-methyl/N-ethyl adjacent to an activating group) is 1. The van der Waals surface area contributed by atoms with E-state index in [2.05, 4.69) is 40.2 Å². The highest BCUT2D eigenvalue weighted by Crippen LogP contribution is 2.20. The Hall–Kier alpha value is -2.81. The molecule has 0 spiro atoms. The Labute approximate surface area is 191 Å². The van der Waals surface area contributed by atoms with Gasteiger partial charge in [-0.2, -0.15) is 10.1 Å². The lowest BCUT2D eigenvalue weighted by atomic mass is 10.1. The van der Waals surface area contributed by atoms with Crippen LogP contribution in [0.1, 0.15) is 75.8 Å². The number of aromatic amines is 1. The minimum absolute atomic E-state index is 0.468. The number of aryl methyl sites for hydroxylation is 1. The van der Waals surface area contributed by atoms with E-state index in [1.165, 1.54) is 12.8 Å². The average Bonchev–Trinajstić information content (AvgIpc) is 3.59. The molecule has 4 heterocycles. The standard InChI is InChI=1S/C11H19N5.C10H13N3O.C2H6/c1-12-9-4-7-16-10(8-9)13-11(14-16)15-5-2-3-6-15;1-4-7(2)12-8(3)9-5-11-13-10(9)6-14;1-2/h9,12H,2-8H2,1H3;4-6H,1-3H3,(H,11,13);1-2H3/b;7-4-,12-8?;. The van der Waals surface area contributed by atoms with E-state index in [9.17, 15) is 4.79 Å². The van der Waals surface area contributed by atoms with Crippen molar-refractivity contribution in [3.05, 3.63) is 35.1 Å². The van der Waals surface area contributed by atoms with E-state index in [1.807, 2.05) is 47.7 Å². The van der Waals surface area contributed by atoms with Gasteiger partial charge in [0, 0.05) is 49.1 Å². The monoisotopic (exact) mass is 442 g/mol. The van der Waals surface area contributed by atoms with E-state index in [0.717, 1.165) is 67.5 Å². The summed E-state index contributed by atoms with van der Waals surface area (Å²) in [6.45, 7) is 12.9. The van der Waals surface area contributed by atoms with E-state index < -0.39 is 0 Å². The Kier molecular flexibility index (Phi) is 10.3. The van der Waals surface area contributed by atoms with Crippen LogP contribution in [0.15, 0.2) is 23.0 Å². The highest BCUT2D eigenvalue weighted by Gasteiger charge is 2.23. The zero-order valence-corrected chi connectivity index (χ0v) is 20.4. The summed E-state index contributed by atoms with van der Waals surface area (Å²) in [7, 11) is 2.03. The van der Waals surface area contributed by atoms with Gasteiger partial charge in [0.2, 0.25) is 5.95 Å². The van der Waals surface area contributed by atoms with Crippen LogP contribution in [0.25, 0.3) is 0 Å². The predicted octanol–water partition coefficient (Wildman–Crippen LogP) is 3.39. The quantitative estimate of drug-likeness (QED) is 0.543. The third-order valence-electron chi connectivity index (χ3n) is 5.59. The zero-order chi connectivity index (χ0) is 23.5. The second kappa shape index (κ2) is 12.9. The van der Waals surface area contributed by atoms with Crippen LogP contribution in [0.4, 0.5) is 5.95 Å². The SMILES string of the molecule is C/C=C(/C)N=C(C)c1cn[nH]c1C=O.CC.CNC1CCn2nc(N3CCCC3)nc2C1. The van der Waals surface area contributed by atoms with Gasteiger partial charge in [0.15, 0.2) is 6.29 Å². The number of aliphatic imine (C=N–C) groups is 1. The molecule has 2 aliphatic rings. The summed E-state index contributed by atoms with van der Waals surface area (Å²) >= 11 is 0. The molecule has 1 fully saturated rings. The number of rotatable bonds is 5. The van der Waals surface area contributed by atoms with E-state index in [4.69, 9.17) is 0 Å². The molecule has 4 rings (SSSR count). The molecule has 2 aliphatic heterocycles. The van der Waals surface area contributed by atoms with Gasteiger partial charge in [0.1, 0.15) is 11.5 Å². The number of aromatic nitrogens is 5. The lowest BCUT2D eigenvalue weighted by Gasteiger charge is -2.20. The lowest BCUT2D eigenvalue weighted by Crippen LogP contribution is -2.34. The van der Waals surface area contributed by atoms with Crippen molar-refractivity contribution in [2.45, 2.75) is 72.9 Å². The first-order valence-corrected chi connectivity index (χ1v) is 11.6. The number of nitrogens with one attached hydrogen (secondary N) is 2. The van der Waals surface area contributed by atoms with Gasteiger partial charge in [-0.3, -0.25) is 14.9 Å². The van der Waals surface area contributed by atoms with Gasteiger partial charge >= 0.3 is 0 Å². The third-order valence-corrected chi connectivity index (χ3v) is 5.59. The fourth-order valence-corrected chi connectivity index (χ4v) is 3.65. The number of H-pyrrole nitrogens is 1. The number of aldehydes is 1. The number of nitrogens with zero attached hydrogens (tertiary/aromatic N) is 6. The number of hydrogen-bond acceptors (Lipinski definition) is 7. The van der Waals surface area contributed by atoms with Crippen LogP contribution >= 0.6 is 0 Å². The fraction of sp³-hybridized carbons (Fsp3) is 0.609. The minimum atomic E-state index is 0.468. The Bertz CT molecular complexity index is 905. The second-order valence-corrected chi connectivity index (χ2v) is 7.67. The van der Waals surface area contributed by atoms with Gasteiger partial charge in [-0.1, -0.05) is 19.9 Å². The molecule has 2 N–H and O–H groups in total. The van der Waals surface area contributed by atoms with Crippen LogP contribution < -0.4 is 10.2 Å². The predicted molar refractivity (Wildman–Crippen MR) is 130 cm³/mol. The van der Waals surface area contributed by atoms with Crippen LogP contribution in [-0.2, 0) is 13.0 Å². The normalized spacial score (nSPS) is 18.3. The van der Waals surface area contributed by atoms with E-state index in [0.29, 0.717) is 11.7 Å². The van der Waals surface area contributed by atoms with Crippen molar-refractivity contribution in [3.63, 3.8) is 0 Å². The van der Waals surface area contributed by atoms with E-state index in [-0.39, 0.29) is 0 Å².